The number of nitrogens with zero attached hydrogens (tertiary/aromatic N) is 1. The monoisotopic (exact) mass is 405 g/mol. The molecule has 3 heterocycles. The number of aromatic nitrogens is 2. The van der Waals surface area contributed by atoms with Gasteiger partial charge in [0.2, 0.25) is 0 Å². The Morgan fingerprint density at radius 1 is 0.806 bits per heavy atom. The first-order valence-electron chi connectivity index (χ1n) is 10.4. The maximum absolute atomic E-state index is 6.17. The van der Waals surface area contributed by atoms with Crippen LogP contribution in [0.25, 0.3) is 17.5 Å². The van der Waals surface area contributed by atoms with Gasteiger partial charge in [-0.15, -0.1) is 0 Å². The number of nitrogens with one attached hydrogen (secondary N) is 2. The topological polar surface area (TPSA) is 53.2 Å². The molecule has 0 bridgehead atoms. The molecule has 4 heteroatoms. The molecule has 1 aliphatic rings. The molecule has 2 aromatic carbocycles. The van der Waals surface area contributed by atoms with E-state index >= 15 is 0 Å². The number of hydrogen-bond donors (Lipinski definition) is 2. The van der Waals surface area contributed by atoms with Gasteiger partial charge in [-0.3, -0.25) is 4.99 Å². The summed E-state index contributed by atoms with van der Waals surface area (Å²) in [5.41, 5.74) is 7.26. The van der Waals surface area contributed by atoms with Crippen LogP contribution in [0.2, 0.25) is 0 Å². The fourth-order valence-electron chi connectivity index (χ4n) is 3.61. The van der Waals surface area contributed by atoms with Crippen molar-refractivity contribution in [3.63, 3.8) is 0 Å². The van der Waals surface area contributed by atoms with Crippen LogP contribution < -0.4 is 4.74 Å². The molecule has 2 N–H and O–H groups in total. The Labute approximate surface area is 181 Å². The number of aliphatic imine (C=N–C) groups is 1. The van der Waals surface area contributed by atoms with Gasteiger partial charge in [-0.25, -0.2) is 0 Å². The van der Waals surface area contributed by atoms with E-state index in [2.05, 4.69) is 58.5 Å². The molecule has 31 heavy (non-hydrogen) atoms. The van der Waals surface area contributed by atoms with Gasteiger partial charge in [0.15, 0.2) is 0 Å². The zero-order valence-corrected chi connectivity index (χ0v) is 17.1. The molecule has 5 rings (SSSR count). The molecule has 0 fully saturated rings. The van der Waals surface area contributed by atoms with Crippen LogP contribution in [0.1, 0.15) is 16.8 Å². The minimum absolute atomic E-state index is 0.511. The van der Waals surface area contributed by atoms with Crippen molar-refractivity contribution in [2.45, 2.75) is 13.0 Å². The molecule has 152 valence electrons. The second-order valence-electron chi connectivity index (χ2n) is 7.49. The van der Waals surface area contributed by atoms with Gasteiger partial charge in [0.1, 0.15) is 12.4 Å². The van der Waals surface area contributed by atoms with E-state index in [9.17, 15) is 0 Å². The van der Waals surface area contributed by atoms with Crippen LogP contribution in [-0.4, -0.2) is 15.7 Å². The van der Waals surface area contributed by atoms with E-state index in [0.717, 1.165) is 46.2 Å². The van der Waals surface area contributed by atoms with Crippen molar-refractivity contribution in [3.8, 4) is 17.1 Å². The molecule has 4 aromatic rings. The molecule has 0 unspecified atom stereocenters. The second kappa shape index (κ2) is 8.76. The van der Waals surface area contributed by atoms with Crippen molar-refractivity contribution in [3.05, 3.63) is 120 Å². The third kappa shape index (κ3) is 4.59. The van der Waals surface area contributed by atoms with E-state index in [1.807, 2.05) is 54.7 Å². The van der Waals surface area contributed by atoms with Crippen molar-refractivity contribution >= 4 is 11.8 Å². The van der Waals surface area contributed by atoms with Gasteiger partial charge in [0.05, 0.1) is 22.8 Å². The zero-order chi connectivity index (χ0) is 20.9. The third-order valence-electron chi connectivity index (χ3n) is 5.17. The summed E-state index contributed by atoms with van der Waals surface area (Å²) in [7, 11) is 0. The lowest BCUT2D eigenvalue weighted by Crippen LogP contribution is -1.96. The molecule has 0 spiro atoms. The van der Waals surface area contributed by atoms with Gasteiger partial charge >= 0.3 is 0 Å². The van der Waals surface area contributed by atoms with Gasteiger partial charge in [-0.2, -0.15) is 0 Å². The molecule has 0 radical (unpaired) electrons. The van der Waals surface area contributed by atoms with E-state index in [1.165, 1.54) is 5.56 Å². The largest absolute Gasteiger partial charge is 0.487 e. The molecule has 0 saturated heterocycles. The number of allylic oxidation sites excluding steroid dienone is 2. The minimum Gasteiger partial charge on any atom is -0.487 e. The summed E-state index contributed by atoms with van der Waals surface area (Å²) in [6.07, 6.45) is 8.91. The fourth-order valence-corrected chi connectivity index (χ4v) is 3.61. The summed E-state index contributed by atoms with van der Waals surface area (Å²) in [5.74, 6) is 0.807. The van der Waals surface area contributed by atoms with Crippen molar-refractivity contribution in [2.75, 3.05) is 0 Å². The molecule has 0 aliphatic carbocycles. The summed E-state index contributed by atoms with van der Waals surface area (Å²) in [6, 6.07) is 26.6. The van der Waals surface area contributed by atoms with E-state index in [1.54, 1.807) is 0 Å². The maximum Gasteiger partial charge on any atom is 0.145 e. The van der Waals surface area contributed by atoms with Gasteiger partial charge in [-0.05, 0) is 41.5 Å². The zero-order valence-electron chi connectivity index (χ0n) is 17.1. The molecule has 2 aromatic heterocycles. The molecule has 4 nitrogen and oxygen atoms in total. The summed E-state index contributed by atoms with van der Waals surface area (Å²) in [6.45, 7) is 0.511. The minimum atomic E-state index is 0.511. The lowest BCUT2D eigenvalue weighted by molar-refractivity contribution is 0.306. The smallest absolute Gasteiger partial charge is 0.145 e. The van der Waals surface area contributed by atoms with Crippen LogP contribution in [0.4, 0.5) is 0 Å². The van der Waals surface area contributed by atoms with Crippen LogP contribution in [0.15, 0.2) is 108 Å². The quantitative estimate of drug-likeness (QED) is 0.379. The normalized spacial score (nSPS) is 14.2. The summed E-state index contributed by atoms with van der Waals surface area (Å²) in [5, 5.41) is 0. The second-order valence-corrected chi connectivity index (χ2v) is 7.49. The lowest BCUT2D eigenvalue weighted by Gasteiger charge is -2.05. The van der Waals surface area contributed by atoms with Crippen molar-refractivity contribution in [2.24, 2.45) is 4.99 Å². The maximum atomic E-state index is 6.17. The van der Waals surface area contributed by atoms with Crippen LogP contribution >= 0.6 is 0 Å². The van der Waals surface area contributed by atoms with Crippen molar-refractivity contribution in [1.82, 2.24) is 9.97 Å². The molecular weight excluding hydrogens is 382 g/mol. The van der Waals surface area contributed by atoms with E-state index < -0.39 is 0 Å². The van der Waals surface area contributed by atoms with E-state index in [-0.39, 0.29) is 0 Å². The Balaban J connectivity index is 1.40. The van der Waals surface area contributed by atoms with Crippen LogP contribution in [0, 0.1) is 0 Å². The van der Waals surface area contributed by atoms with Crippen molar-refractivity contribution in [1.29, 1.82) is 0 Å². The summed E-state index contributed by atoms with van der Waals surface area (Å²) < 4.78 is 6.17. The molecule has 0 saturated carbocycles. The van der Waals surface area contributed by atoms with E-state index in [0.29, 0.717) is 6.61 Å². The highest BCUT2D eigenvalue weighted by atomic mass is 16.5. The average molecular weight is 406 g/mol. The van der Waals surface area contributed by atoms with Crippen LogP contribution in [0.5, 0.6) is 5.75 Å². The molecular formula is C27H23N3O. The number of aromatic amines is 2. The molecule has 1 aliphatic heterocycles. The Bertz CT molecular complexity index is 1230. The first-order valence-corrected chi connectivity index (χ1v) is 10.4. The van der Waals surface area contributed by atoms with Gasteiger partial charge in [0.25, 0.3) is 0 Å². The highest BCUT2D eigenvalue weighted by molar-refractivity contribution is 6.00. The fraction of sp³-hybridized carbons (Fsp3) is 0.0741. The van der Waals surface area contributed by atoms with Gasteiger partial charge in [0, 0.05) is 24.4 Å². The Morgan fingerprint density at radius 2 is 1.58 bits per heavy atom. The number of ether oxygens (including phenoxy) is 1. The first kappa shape index (κ1) is 18.9. The first-order chi connectivity index (χ1) is 15.3. The number of H-pyrrole nitrogens is 2. The summed E-state index contributed by atoms with van der Waals surface area (Å²) >= 11 is 0. The average Bonchev–Trinajstić information content (AvgIpc) is 3.56. The summed E-state index contributed by atoms with van der Waals surface area (Å²) in [4.78, 5) is 11.5. The van der Waals surface area contributed by atoms with Crippen LogP contribution in [0.3, 0.4) is 0 Å². The number of hydrogen-bond acceptors (Lipinski definition) is 2. The van der Waals surface area contributed by atoms with E-state index in [4.69, 9.17) is 9.73 Å². The Morgan fingerprint density at radius 3 is 2.32 bits per heavy atom. The number of benzene rings is 2. The Kier molecular flexibility index (Phi) is 5.35. The van der Waals surface area contributed by atoms with Crippen LogP contribution in [-0.2, 0) is 13.0 Å². The molecule has 0 amide bonds. The predicted octanol–water partition coefficient (Wildman–Crippen LogP) is 6.18. The lowest BCUT2D eigenvalue weighted by atomic mass is 10.1. The highest BCUT2D eigenvalue weighted by Gasteiger charge is 2.13. The number of rotatable bonds is 7. The van der Waals surface area contributed by atoms with Crippen molar-refractivity contribution < 1.29 is 4.74 Å². The Hall–Kier alpha value is -4.05. The standard InChI is InChI=1S/C27H23N3O/c1-3-8-20(9-4-1)16-22-13-14-23(29-22)17-26-27(31-19-21-10-5-2-6-11-21)18-25(30-26)24-12-7-15-28-24/h1-15,17-18,28,30H,16,19H2/b23-17-. The van der Waals surface area contributed by atoms with Gasteiger partial charge in [-0.1, -0.05) is 60.7 Å². The highest BCUT2D eigenvalue weighted by Crippen LogP contribution is 2.30. The predicted molar refractivity (Wildman–Crippen MR) is 126 cm³/mol. The molecule has 0 atom stereocenters. The third-order valence-corrected chi connectivity index (χ3v) is 5.17. The SMILES string of the molecule is C1=C/C(=C/c2[nH]c(-c3ccc[nH]3)cc2OCc2ccccc2)N=C1Cc1ccccc1. The van der Waals surface area contributed by atoms with Gasteiger partial charge < -0.3 is 14.7 Å².